The summed E-state index contributed by atoms with van der Waals surface area (Å²) in [7, 11) is 0. The van der Waals surface area contributed by atoms with Gasteiger partial charge in [0, 0.05) is 47.9 Å². The van der Waals surface area contributed by atoms with Gasteiger partial charge >= 0.3 is 5.63 Å². The molecule has 1 fully saturated rings. The zero-order valence-corrected chi connectivity index (χ0v) is 17.6. The van der Waals surface area contributed by atoms with Gasteiger partial charge in [-0.15, -0.1) is 0 Å². The molecule has 0 amide bonds. The maximum absolute atomic E-state index is 11.9. The second kappa shape index (κ2) is 8.90. The van der Waals surface area contributed by atoms with Crippen LogP contribution in [0.2, 0.25) is 0 Å². The molecular formula is C26H27N3O2. The minimum absolute atomic E-state index is 0.305. The second-order valence-electron chi connectivity index (χ2n) is 8.32. The van der Waals surface area contributed by atoms with E-state index < -0.39 is 0 Å². The lowest BCUT2D eigenvalue weighted by Crippen LogP contribution is -2.39. The summed E-state index contributed by atoms with van der Waals surface area (Å²) in [6, 6.07) is 20.2. The van der Waals surface area contributed by atoms with Crippen molar-refractivity contribution in [3.05, 3.63) is 83.0 Å². The number of likely N-dealkylation sites (tertiary alicyclic amines) is 1. The molecule has 0 atom stereocenters. The molecule has 31 heavy (non-hydrogen) atoms. The van der Waals surface area contributed by atoms with Crippen LogP contribution < -0.4 is 10.9 Å². The molecule has 0 bridgehead atoms. The Morgan fingerprint density at radius 2 is 1.77 bits per heavy atom. The van der Waals surface area contributed by atoms with Gasteiger partial charge in [0.2, 0.25) is 0 Å². The fourth-order valence-electron chi connectivity index (χ4n) is 4.60. The molecule has 3 heterocycles. The van der Waals surface area contributed by atoms with E-state index >= 15 is 0 Å². The first-order chi connectivity index (χ1) is 15.3. The Balaban J connectivity index is 1.15. The molecule has 4 aromatic rings. The molecule has 1 aliphatic rings. The van der Waals surface area contributed by atoms with E-state index in [0.717, 1.165) is 56.4 Å². The van der Waals surface area contributed by atoms with Gasteiger partial charge in [-0.1, -0.05) is 36.4 Å². The van der Waals surface area contributed by atoms with Gasteiger partial charge in [-0.3, -0.25) is 4.98 Å². The predicted molar refractivity (Wildman–Crippen MR) is 126 cm³/mol. The van der Waals surface area contributed by atoms with E-state index in [9.17, 15) is 4.79 Å². The van der Waals surface area contributed by atoms with E-state index in [-0.39, 0.29) is 5.63 Å². The van der Waals surface area contributed by atoms with Crippen molar-refractivity contribution < 1.29 is 4.42 Å². The molecule has 0 spiro atoms. The first-order valence-electron chi connectivity index (χ1n) is 11.1. The maximum Gasteiger partial charge on any atom is 0.338 e. The summed E-state index contributed by atoms with van der Waals surface area (Å²) >= 11 is 0. The molecule has 5 rings (SSSR count). The molecule has 2 aromatic carbocycles. The van der Waals surface area contributed by atoms with Gasteiger partial charge < -0.3 is 14.6 Å². The van der Waals surface area contributed by atoms with Gasteiger partial charge in [0.05, 0.1) is 5.69 Å². The Labute approximate surface area is 181 Å². The SMILES string of the molecule is O=c1cc(NC2CCN(CCCc3nccc4ccccc34)CC2)c2ccccc2o1. The van der Waals surface area contributed by atoms with Crippen molar-refractivity contribution in [2.24, 2.45) is 0 Å². The average Bonchev–Trinajstić information content (AvgIpc) is 2.80. The molecule has 2 aromatic heterocycles. The van der Waals surface area contributed by atoms with Crippen LogP contribution >= 0.6 is 0 Å². The minimum Gasteiger partial charge on any atom is -0.423 e. The number of hydrogen-bond acceptors (Lipinski definition) is 5. The monoisotopic (exact) mass is 413 g/mol. The Kier molecular flexibility index (Phi) is 5.67. The number of piperidine rings is 1. The lowest BCUT2D eigenvalue weighted by Gasteiger charge is -2.33. The third kappa shape index (κ3) is 4.47. The summed E-state index contributed by atoms with van der Waals surface area (Å²) in [4.78, 5) is 19.1. The van der Waals surface area contributed by atoms with Crippen LogP contribution in [0.1, 0.15) is 25.0 Å². The number of anilines is 1. The molecule has 5 nitrogen and oxygen atoms in total. The summed E-state index contributed by atoms with van der Waals surface area (Å²) < 4.78 is 5.31. The van der Waals surface area contributed by atoms with E-state index in [0.29, 0.717) is 11.6 Å². The highest BCUT2D eigenvalue weighted by molar-refractivity contribution is 5.89. The fourth-order valence-corrected chi connectivity index (χ4v) is 4.60. The predicted octanol–water partition coefficient (Wildman–Crippen LogP) is 4.85. The van der Waals surface area contributed by atoms with Crippen molar-refractivity contribution in [1.29, 1.82) is 0 Å². The van der Waals surface area contributed by atoms with Crippen LogP contribution in [0.15, 0.2) is 76.1 Å². The van der Waals surface area contributed by atoms with E-state index in [1.54, 1.807) is 6.07 Å². The van der Waals surface area contributed by atoms with Crippen LogP contribution in [0.3, 0.4) is 0 Å². The molecule has 1 aliphatic heterocycles. The quantitative estimate of drug-likeness (QED) is 0.458. The number of pyridine rings is 1. The van der Waals surface area contributed by atoms with Gasteiger partial charge in [0.15, 0.2) is 0 Å². The van der Waals surface area contributed by atoms with E-state index in [1.165, 1.54) is 16.5 Å². The molecule has 0 radical (unpaired) electrons. The van der Waals surface area contributed by atoms with Crippen LogP contribution in [0.25, 0.3) is 21.7 Å². The van der Waals surface area contributed by atoms with Gasteiger partial charge in [-0.25, -0.2) is 4.79 Å². The number of nitrogens with zero attached hydrogens (tertiary/aromatic N) is 2. The third-order valence-corrected chi connectivity index (χ3v) is 6.24. The number of aryl methyl sites for hydroxylation is 1. The molecule has 0 unspecified atom stereocenters. The molecular weight excluding hydrogens is 386 g/mol. The minimum atomic E-state index is -0.305. The van der Waals surface area contributed by atoms with Crippen molar-refractivity contribution in [3.63, 3.8) is 0 Å². The van der Waals surface area contributed by atoms with Gasteiger partial charge in [0.1, 0.15) is 5.58 Å². The Bertz CT molecular complexity index is 1240. The van der Waals surface area contributed by atoms with Crippen molar-refractivity contribution in [2.45, 2.75) is 31.7 Å². The van der Waals surface area contributed by atoms with Crippen LogP contribution in [0.4, 0.5) is 5.69 Å². The van der Waals surface area contributed by atoms with Crippen LogP contribution in [-0.2, 0) is 6.42 Å². The largest absolute Gasteiger partial charge is 0.423 e. The summed E-state index contributed by atoms with van der Waals surface area (Å²) in [6.07, 6.45) is 6.18. The lowest BCUT2D eigenvalue weighted by atomic mass is 10.0. The number of para-hydroxylation sites is 1. The highest BCUT2D eigenvalue weighted by atomic mass is 16.4. The van der Waals surface area contributed by atoms with Crippen LogP contribution in [-0.4, -0.2) is 35.6 Å². The number of nitrogens with one attached hydrogen (secondary N) is 1. The van der Waals surface area contributed by atoms with Gasteiger partial charge in [-0.2, -0.15) is 0 Å². The summed E-state index contributed by atoms with van der Waals surface area (Å²) in [5.41, 5.74) is 2.41. The van der Waals surface area contributed by atoms with Crippen molar-refractivity contribution in [3.8, 4) is 0 Å². The normalized spacial score (nSPS) is 15.5. The van der Waals surface area contributed by atoms with Crippen molar-refractivity contribution in [1.82, 2.24) is 9.88 Å². The Morgan fingerprint density at radius 3 is 2.65 bits per heavy atom. The standard InChI is InChI=1S/C26H27N3O2/c30-26-18-24(22-8-3-4-10-25(22)31-26)28-20-12-16-29(17-13-20)15-5-9-23-21-7-2-1-6-19(21)11-14-27-23/h1-4,6-8,10-11,14,18,20,28H,5,9,12-13,15-17H2. The van der Waals surface area contributed by atoms with Crippen LogP contribution in [0, 0.1) is 0 Å². The fraction of sp³-hybridized carbons (Fsp3) is 0.308. The smallest absolute Gasteiger partial charge is 0.338 e. The number of benzene rings is 2. The van der Waals surface area contributed by atoms with Crippen molar-refractivity contribution in [2.75, 3.05) is 25.0 Å². The zero-order chi connectivity index (χ0) is 21.0. The average molecular weight is 414 g/mol. The van der Waals surface area contributed by atoms with Gasteiger partial charge in [-0.05, 0) is 55.8 Å². The highest BCUT2D eigenvalue weighted by Gasteiger charge is 2.20. The molecule has 1 saturated heterocycles. The summed E-state index contributed by atoms with van der Waals surface area (Å²) in [5, 5.41) is 7.09. The maximum atomic E-state index is 11.9. The summed E-state index contributed by atoms with van der Waals surface area (Å²) in [6.45, 7) is 3.23. The first-order valence-corrected chi connectivity index (χ1v) is 11.1. The van der Waals surface area contributed by atoms with Crippen LogP contribution in [0.5, 0.6) is 0 Å². The zero-order valence-electron chi connectivity index (χ0n) is 17.6. The number of rotatable bonds is 6. The lowest BCUT2D eigenvalue weighted by molar-refractivity contribution is 0.217. The van der Waals surface area contributed by atoms with E-state index in [1.807, 2.05) is 30.5 Å². The molecule has 0 aliphatic carbocycles. The first kappa shape index (κ1) is 19.8. The van der Waals surface area contributed by atoms with E-state index in [4.69, 9.17) is 4.42 Å². The molecule has 0 saturated carbocycles. The Morgan fingerprint density at radius 1 is 1.00 bits per heavy atom. The Hall–Kier alpha value is -3.18. The van der Waals surface area contributed by atoms with Crippen molar-refractivity contribution >= 4 is 27.4 Å². The molecule has 5 heteroatoms. The highest BCUT2D eigenvalue weighted by Crippen LogP contribution is 2.24. The molecule has 158 valence electrons. The summed E-state index contributed by atoms with van der Waals surface area (Å²) in [5.74, 6) is 0. The third-order valence-electron chi connectivity index (χ3n) is 6.24. The number of fused-ring (bicyclic) bond motifs is 2. The number of aromatic nitrogens is 1. The van der Waals surface area contributed by atoms with Gasteiger partial charge in [0.25, 0.3) is 0 Å². The topological polar surface area (TPSA) is 58.4 Å². The second-order valence-corrected chi connectivity index (χ2v) is 8.32. The number of hydrogen-bond donors (Lipinski definition) is 1. The molecule has 1 N–H and O–H groups in total. The van der Waals surface area contributed by atoms with E-state index in [2.05, 4.69) is 45.5 Å².